The molecule has 0 bridgehead atoms. The fraction of sp³-hybridized carbons (Fsp3) is 0.600. The van der Waals surface area contributed by atoms with Crippen molar-refractivity contribution in [2.24, 2.45) is 0 Å². The number of rotatable bonds is 3. The predicted octanol–water partition coefficient (Wildman–Crippen LogP) is 0.482. The van der Waals surface area contributed by atoms with Gasteiger partial charge in [0.15, 0.2) is 0 Å². The van der Waals surface area contributed by atoms with Crippen molar-refractivity contribution in [1.82, 2.24) is 29.9 Å². The van der Waals surface area contributed by atoms with E-state index in [-0.39, 0.29) is 11.5 Å². The number of aromatic nitrogens is 5. The standard InChI is InChI=1S/C15H20N6O2/c22-13(1-5-20-10-17-18-11-20)21-6-3-15(4-7-21)14-12(2-8-23-15)9-16-19-14/h9-11H,1-8H2,(H,16,19). The van der Waals surface area contributed by atoms with Crippen molar-refractivity contribution in [2.75, 3.05) is 19.7 Å². The fourth-order valence-electron chi connectivity index (χ4n) is 3.56. The van der Waals surface area contributed by atoms with Crippen LogP contribution in [0.1, 0.15) is 30.5 Å². The van der Waals surface area contributed by atoms with Crippen molar-refractivity contribution in [1.29, 1.82) is 0 Å². The lowest BCUT2D eigenvalue weighted by atomic mass is 9.83. The molecule has 0 radical (unpaired) electrons. The molecule has 2 aliphatic heterocycles. The Morgan fingerprint density at radius 2 is 2.09 bits per heavy atom. The summed E-state index contributed by atoms with van der Waals surface area (Å²) in [5.41, 5.74) is 2.08. The Morgan fingerprint density at radius 1 is 1.30 bits per heavy atom. The van der Waals surface area contributed by atoms with Gasteiger partial charge in [-0.1, -0.05) is 0 Å². The highest BCUT2D eigenvalue weighted by molar-refractivity contribution is 5.76. The van der Waals surface area contributed by atoms with E-state index in [2.05, 4.69) is 20.4 Å². The quantitative estimate of drug-likeness (QED) is 0.890. The molecule has 0 aliphatic carbocycles. The molecule has 0 unspecified atom stereocenters. The molecule has 0 atom stereocenters. The second-order valence-electron chi connectivity index (χ2n) is 6.19. The lowest BCUT2D eigenvalue weighted by molar-refractivity contribution is -0.141. The van der Waals surface area contributed by atoms with Crippen molar-refractivity contribution >= 4 is 5.91 Å². The van der Waals surface area contributed by atoms with E-state index < -0.39 is 0 Å². The lowest BCUT2D eigenvalue weighted by Crippen LogP contribution is -2.48. The van der Waals surface area contributed by atoms with Crippen molar-refractivity contribution < 1.29 is 9.53 Å². The summed E-state index contributed by atoms with van der Waals surface area (Å²) < 4.78 is 7.93. The Kier molecular flexibility index (Phi) is 3.60. The third-order valence-corrected chi connectivity index (χ3v) is 4.90. The molecule has 0 saturated carbocycles. The number of ether oxygens (including phenoxy) is 1. The lowest BCUT2D eigenvalue weighted by Gasteiger charge is -2.43. The molecule has 1 fully saturated rings. The number of hydrogen-bond acceptors (Lipinski definition) is 5. The first-order chi connectivity index (χ1) is 11.3. The molecule has 4 heterocycles. The van der Waals surface area contributed by atoms with Gasteiger partial charge in [-0.3, -0.25) is 9.89 Å². The van der Waals surface area contributed by atoms with Gasteiger partial charge in [0.25, 0.3) is 0 Å². The zero-order valence-electron chi connectivity index (χ0n) is 12.9. The molecular formula is C15H20N6O2. The first-order valence-corrected chi connectivity index (χ1v) is 8.04. The van der Waals surface area contributed by atoms with Crippen LogP contribution in [-0.4, -0.2) is 55.5 Å². The molecule has 1 amide bonds. The Balaban J connectivity index is 1.37. The summed E-state index contributed by atoms with van der Waals surface area (Å²) in [6, 6.07) is 0. The molecule has 1 N–H and O–H groups in total. The summed E-state index contributed by atoms with van der Waals surface area (Å²) in [5, 5.41) is 14.8. The Morgan fingerprint density at radius 3 is 2.87 bits per heavy atom. The number of hydrogen-bond donors (Lipinski definition) is 1. The van der Waals surface area contributed by atoms with Crippen LogP contribution in [0.25, 0.3) is 0 Å². The van der Waals surface area contributed by atoms with Crippen LogP contribution >= 0.6 is 0 Å². The summed E-state index contributed by atoms with van der Waals surface area (Å²) in [6.07, 6.45) is 8.19. The summed E-state index contributed by atoms with van der Waals surface area (Å²) in [5.74, 6) is 0.175. The van der Waals surface area contributed by atoms with Gasteiger partial charge < -0.3 is 14.2 Å². The number of nitrogens with one attached hydrogen (secondary N) is 1. The SMILES string of the molecule is O=C(CCn1cnnc1)N1CCC2(CC1)OCCc1cn[nH]c12. The third-order valence-electron chi connectivity index (χ3n) is 4.90. The molecule has 8 nitrogen and oxygen atoms in total. The molecule has 8 heteroatoms. The van der Waals surface area contributed by atoms with Gasteiger partial charge in [-0.05, 0) is 24.8 Å². The van der Waals surface area contributed by atoms with E-state index in [0.29, 0.717) is 13.0 Å². The average molecular weight is 316 g/mol. The number of nitrogens with zero attached hydrogens (tertiary/aromatic N) is 5. The molecule has 0 aromatic carbocycles. The molecular weight excluding hydrogens is 296 g/mol. The van der Waals surface area contributed by atoms with Crippen molar-refractivity contribution in [2.45, 2.75) is 37.8 Å². The number of fused-ring (bicyclic) bond motifs is 2. The maximum Gasteiger partial charge on any atom is 0.224 e. The van der Waals surface area contributed by atoms with Crippen LogP contribution in [0.5, 0.6) is 0 Å². The van der Waals surface area contributed by atoms with Gasteiger partial charge in [0.05, 0.1) is 18.5 Å². The largest absolute Gasteiger partial charge is 0.368 e. The number of amides is 1. The van der Waals surface area contributed by atoms with Crippen LogP contribution in [0.4, 0.5) is 0 Å². The second-order valence-corrected chi connectivity index (χ2v) is 6.19. The van der Waals surface area contributed by atoms with E-state index in [0.717, 1.165) is 44.7 Å². The molecule has 23 heavy (non-hydrogen) atoms. The number of piperidine rings is 1. The van der Waals surface area contributed by atoms with Crippen LogP contribution < -0.4 is 0 Å². The first kappa shape index (κ1) is 14.4. The number of carbonyl (C=O) groups is 1. The molecule has 1 spiro atoms. The minimum atomic E-state index is -0.283. The Hall–Kier alpha value is -2.22. The minimum absolute atomic E-state index is 0.175. The summed E-state index contributed by atoms with van der Waals surface area (Å²) in [4.78, 5) is 14.3. The van der Waals surface area contributed by atoms with Crippen molar-refractivity contribution in [3.8, 4) is 0 Å². The van der Waals surface area contributed by atoms with E-state index in [1.165, 1.54) is 5.56 Å². The summed E-state index contributed by atoms with van der Waals surface area (Å²) in [6.45, 7) is 2.79. The van der Waals surface area contributed by atoms with Gasteiger partial charge in [0.1, 0.15) is 18.3 Å². The molecule has 1 saturated heterocycles. The van der Waals surface area contributed by atoms with E-state index >= 15 is 0 Å². The molecule has 2 aromatic heterocycles. The predicted molar refractivity (Wildman–Crippen MR) is 80.4 cm³/mol. The van der Waals surface area contributed by atoms with Crippen molar-refractivity contribution in [3.63, 3.8) is 0 Å². The zero-order chi connectivity index (χ0) is 15.7. The van der Waals surface area contributed by atoms with Crippen LogP contribution in [0.2, 0.25) is 0 Å². The van der Waals surface area contributed by atoms with Crippen LogP contribution in [0, 0.1) is 0 Å². The van der Waals surface area contributed by atoms with Gasteiger partial charge >= 0.3 is 0 Å². The topological polar surface area (TPSA) is 88.9 Å². The smallest absolute Gasteiger partial charge is 0.224 e. The highest BCUT2D eigenvalue weighted by Crippen LogP contribution is 2.40. The van der Waals surface area contributed by atoms with Crippen LogP contribution in [0.15, 0.2) is 18.9 Å². The summed E-state index contributed by atoms with van der Waals surface area (Å²) in [7, 11) is 0. The number of likely N-dealkylation sites (tertiary alicyclic amines) is 1. The maximum atomic E-state index is 12.4. The van der Waals surface area contributed by atoms with Gasteiger partial charge in [-0.2, -0.15) is 5.10 Å². The minimum Gasteiger partial charge on any atom is -0.368 e. The van der Waals surface area contributed by atoms with Gasteiger partial charge in [0.2, 0.25) is 5.91 Å². The first-order valence-electron chi connectivity index (χ1n) is 8.04. The molecule has 4 rings (SSSR count). The molecule has 2 aromatic rings. The van der Waals surface area contributed by atoms with Gasteiger partial charge in [-0.25, -0.2) is 0 Å². The fourth-order valence-corrected chi connectivity index (χ4v) is 3.56. The molecule has 122 valence electrons. The summed E-state index contributed by atoms with van der Waals surface area (Å²) >= 11 is 0. The second kappa shape index (κ2) is 5.77. The van der Waals surface area contributed by atoms with E-state index in [1.54, 1.807) is 12.7 Å². The normalized spacial score (nSPS) is 19.7. The number of carbonyl (C=O) groups excluding carboxylic acids is 1. The van der Waals surface area contributed by atoms with Gasteiger partial charge in [0, 0.05) is 26.1 Å². The Labute approximate surface area is 133 Å². The Bertz CT molecular complexity index is 672. The highest BCUT2D eigenvalue weighted by atomic mass is 16.5. The van der Waals surface area contributed by atoms with E-state index in [4.69, 9.17) is 4.74 Å². The monoisotopic (exact) mass is 316 g/mol. The van der Waals surface area contributed by atoms with Crippen LogP contribution in [-0.2, 0) is 28.1 Å². The van der Waals surface area contributed by atoms with E-state index in [9.17, 15) is 4.79 Å². The zero-order valence-corrected chi connectivity index (χ0v) is 12.9. The maximum absolute atomic E-state index is 12.4. The number of H-pyrrole nitrogens is 1. The third kappa shape index (κ3) is 2.63. The van der Waals surface area contributed by atoms with Crippen molar-refractivity contribution in [3.05, 3.63) is 30.1 Å². The molecule has 2 aliphatic rings. The average Bonchev–Trinajstić information content (AvgIpc) is 3.25. The number of aromatic amines is 1. The highest BCUT2D eigenvalue weighted by Gasteiger charge is 2.42. The number of aryl methyl sites for hydroxylation is 1. The van der Waals surface area contributed by atoms with Gasteiger partial charge in [-0.15, -0.1) is 10.2 Å². The van der Waals surface area contributed by atoms with Crippen LogP contribution in [0.3, 0.4) is 0 Å². The van der Waals surface area contributed by atoms with E-state index in [1.807, 2.05) is 15.7 Å².